The Balaban J connectivity index is 1.83. The van der Waals surface area contributed by atoms with Gasteiger partial charge in [-0.1, -0.05) is 59.1 Å². The highest BCUT2D eigenvalue weighted by molar-refractivity contribution is 6.37. The van der Waals surface area contributed by atoms with E-state index in [4.69, 9.17) is 39.5 Å². The molecule has 0 aliphatic rings. The molecule has 0 saturated heterocycles. The van der Waals surface area contributed by atoms with Crippen molar-refractivity contribution in [3.63, 3.8) is 0 Å². The maximum absolute atomic E-state index is 6.22. The molecule has 1 aromatic heterocycles. The first kappa shape index (κ1) is 17.9. The number of para-hydroxylation sites is 1. The van der Waals surface area contributed by atoms with Gasteiger partial charge in [-0.05, 0) is 35.9 Å². The standard InChI is InChI=1S/C19H15Cl3N2O/c20-15-7-4-14(5-8-15)6-9-16(12-24-11-10-23-13-24)25-19-17(21)2-1-3-18(19)22/h1-11,13,16H,12H2. The highest BCUT2D eigenvalue weighted by atomic mass is 35.5. The smallest absolute Gasteiger partial charge is 0.157 e. The molecular weight excluding hydrogens is 379 g/mol. The van der Waals surface area contributed by atoms with Gasteiger partial charge in [0, 0.05) is 17.4 Å². The summed E-state index contributed by atoms with van der Waals surface area (Å²) in [6.07, 6.45) is 9.00. The molecule has 1 heterocycles. The van der Waals surface area contributed by atoms with E-state index >= 15 is 0 Å². The molecule has 0 aliphatic carbocycles. The molecule has 1 unspecified atom stereocenters. The van der Waals surface area contributed by atoms with Gasteiger partial charge < -0.3 is 9.30 Å². The Bertz CT molecular complexity index is 825. The topological polar surface area (TPSA) is 27.1 Å². The largest absolute Gasteiger partial charge is 0.481 e. The molecule has 6 heteroatoms. The number of halogens is 3. The third-order valence-electron chi connectivity index (χ3n) is 3.51. The monoisotopic (exact) mass is 392 g/mol. The zero-order valence-electron chi connectivity index (χ0n) is 13.1. The maximum Gasteiger partial charge on any atom is 0.157 e. The number of benzene rings is 2. The fourth-order valence-electron chi connectivity index (χ4n) is 2.28. The molecule has 0 bridgehead atoms. The van der Waals surface area contributed by atoms with Gasteiger partial charge in [0.15, 0.2) is 5.75 Å². The van der Waals surface area contributed by atoms with Crippen molar-refractivity contribution in [3.05, 3.63) is 87.9 Å². The van der Waals surface area contributed by atoms with E-state index in [2.05, 4.69) is 4.98 Å². The molecule has 1 atom stereocenters. The lowest BCUT2D eigenvalue weighted by molar-refractivity contribution is 0.228. The van der Waals surface area contributed by atoms with Crippen molar-refractivity contribution in [3.8, 4) is 5.75 Å². The molecule has 3 nitrogen and oxygen atoms in total. The first-order valence-corrected chi connectivity index (χ1v) is 8.75. The SMILES string of the molecule is Clc1ccc(C=CC(Cn2ccnc2)Oc2c(Cl)cccc2Cl)cc1. The van der Waals surface area contributed by atoms with Crippen LogP contribution in [0.4, 0.5) is 0 Å². The highest BCUT2D eigenvalue weighted by Gasteiger charge is 2.13. The molecule has 3 rings (SSSR count). The number of hydrogen-bond donors (Lipinski definition) is 0. The van der Waals surface area contributed by atoms with Crippen molar-refractivity contribution in [1.29, 1.82) is 0 Å². The molecule has 0 N–H and O–H groups in total. The predicted octanol–water partition coefficient (Wildman–Crippen LogP) is 6.00. The number of nitrogens with zero attached hydrogens (tertiary/aromatic N) is 2. The van der Waals surface area contributed by atoms with E-state index in [0.717, 1.165) is 5.56 Å². The van der Waals surface area contributed by atoms with Crippen molar-refractivity contribution in [2.24, 2.45) is 0 Å². The van der Waals surface area contributed by atoms with Crippen molar-refractivity contribution < 1.29 is 4.74 Å². The van der Waals surface area contributed by atoms with Gasteiger partial charge in [0.1, 0.15) is 6.10 Å². The molecule has 128 valence electrons. The Labute approximate surface area is 161 Å². The van der Waals surface area contributed by atoms with E-state index in [9.17, 15) is 0 Å². The summed E-state index contributed by atoms with van der Waals surface area (Å²) < 4.78 is 8.00. The number of aromatic nitrogens is 2. The molecule has 0 spiro atoms. The Morgan fingerprint density at radius 2 is 1.76 bits per heavy atom. The quantitative estimate of drug-likeness (QED) is 0.513. The van der Waals surface area contributed by atoms with E-state index in [0.29, 0.717) is 27.4 Å². The number of ether oxygens (including phenoxy) is 1. The van der Waals surface area contributed by atoms with Crippen LogP contribution in [0.5, 0.6) is 5.75 Å². The van der Waals surface area contributed by atoms with Gasteiger partial charge in [0.25, 0.3) is 0 Å². The van der Waals surface area contributed by atoms with Crippen molar-refractivity contribution in [2.45, 2.75) is 12.6 Å². The van der Waals surface area contributed by atoms with Crippen molar-refractivity contribution >= 4 is 40.9 Å². The molecule has 25 heavy (non-hydrogen) atoms. The normalized spacial score (nSPS) is 12.4. The summed E-state index contributed by atoms with van der Waals surface area (Å²) in [6.45, 7) is 0.575. The average Bonchev–Trinajstić information content (AvgIpc) is 3.10. The van der Waals surface area contributed by atoms with Crippen LogP contribution in [0.1, 0.15) is 5.56 Å². The predicted molar refractivity (Wildman–Crippen MR) is 104 cm³/mol. The highest BCUT2D eigenvalue weighted by Crippen LogP contribution is 2.33. The summed E-state index contributed by atoms with van der Waals surface area (Å²) in [5.41, 5.74) is 1.02. The van der Waals surface area contributed by atoms with Crippen molar-refractivity contribution in [2.75, 3.05) is 0 Å². The summed E-state index contributed by atoms with van der Waals surface area (Å²) in [5.74, 6) is 0.469. The van der Waals surface area contributed by atoms with E-state index in [-0.39, 0.29) is 6.10 Å². The van der Waals surface area contributed by atoms with Crippen LogP contribution in [0.3, 0.4) is 0 Å². The second-order valence-electron chi connectivity index (χ2n) is 5.38. The lowest BCUT2D eigenvalue weighted by Gasteiger charge is -2.18. The van der Waals surface area contributed by atoms with Crippen LogP contribution in [-0.2, 0) is 6.54 Å². The summed E-state index contributed by atoms with van der Waals surface area (Å²) in [6, 6.07) is 12.9. The van der Waals surface area contributed by atoms with Gasteiger partial charge in [-0.3, -0.25) is 0 Å². The molecule has 0 radical (unpaired) electrons. The Kier molecular flexibility index (Phi) is 6.03. The third-order valence-corrected chi connectivity index (χ3v) is 4.36. The van der Waals surface area contributed by atoms with E-state index in [1.165, 1.54) is 0 Å². The maximum atomic E-state index is 6.22. The van der Waals surface area contributed by atoms with Crippen LogP contribution in [0, 0.1) is 0 Å². The summed E-state index contributed by atoms with van der Waals surface area (Å²) in [4.78, 5) is 4.06. The van der Waals surface area contributed by atoms with Crippen molar-refractivity contribution in [1.82, 2.24) is 9.55 Å². The van der Waals surface area contributed by atoms with Gasteiger partial charge in [-0.2, -0.15) is 0 Å². The first-order chi connectivity index (χ1) is 12.1. The molecule has 0 fully saturated rings. The Hall–Kier alpha value is -1.94. The van der Waals surface area contributed by atoms with Crippen LogP contribution in [-0.4, -0.2) is 15.7 Å². The fourth-order valence-corrected chi connectivity index (χ4v) is 2.89. The fraction of sp³-hybridized carbons (Fsp3) is 0.105. The Morgan fingerprint density at radius 1 is 1.04 bits per heavy atom. The number of hydrogen-bond acceptors (Lipinski definition) is 2. The van der Waals surface area contributed by atoms with Gasteiger partial charge in [-0.25, -0.2) is 4.98 Å². The van der Waals surface area contributed by atoms with Gasteiger partial charge in [0.05, 0.1) is 22.9 Å². The van der Waals surface area contributed by atoms with E-state index in [1.54, 1.807) is 30.7 Å². The van der Waals surface area contributed by atoms with Crippen LogP contribution in [0.25, 0.3) is 6.08 Å². The van der Waals surface area contributed by atoms with E-state index in [1.807, 2.05) is 47.2 Å². The second kappa shape index (κ2) is 8.43. The zero-order valence-corrected chi connectivity index (χ0v) is 15.4. The zero-order chi connectivity index (χ0) is 17.6. The lowest BCUT2D eigenvalue weighted by atomic mass is 10.2. The minimum atomic E-state index is -0.276. The van der Waals surface area contributed by atoms with Gasteiger partial charge in [-0.15, -0.1) is 0 Å². The van der Waals surface area contributed by atoms with Gasteiger partial charge >= 0.3 is 0 Å². The molecule has 3 aromatic rings. The Morgan fingerprint density at radius 3 is 2.40 bits per heavy atom. The first-order valence-electron chi connectivity index (χ1n) is 7.62. The van der Waals surface area contributed by atoms with Gasteiger partial charge in [0.2, 0.25) is 0 Å². The average molecular weight is 394 g/mol. The molecular formula is C19H15Cl3N2O. The summed E-state index contributed by atoms with van der Waals surface area (Å²) >= 11 is 18.4. The summed E-state index contributed by atoms with van der Waals surface area (Å²) in [5, 5.41) is 1.65. The second-order valence-corrected chi connectivity index (χ2v) is 6.63. The lowest BCUT2D eigenvalue weighted by Crippen LogP contribution is -2.20. The van der Waals surface area contributed by atoms with E-state index < -0.39 is 0 Å². The van der Waals surface area contributed by atoms with Crippen LogP contribution in [0.15, 0.2) is 67.3 Å². The molecule has 0 aliphatic heterocycles. The number of imidazole rings is 1. The van der Waals surface area contributed by atoms with Crippen LogP contribution >= 0.6 is 34.8 Å². The van der Waals surface area contributed by atoms with Crippen LogP contribution in [0.2, 0.25) is 15.1 Å². The van der Waals surface area contributed by atoms with Crippen LogP contribution < -0.4 is 4.74 Å². The summed E-state index contributed by atoms with van der Waals surface area (Å²) in [7, 11) is 0. The molecule has 2 aromatic carbocycles. The molecule has 0 amide bonds. The number of rotatable bonds is 6. The third kappa shape index (κ3) is 5.02. The minimum absolute atomic E-state index is 0.276. The molecule has 0 saturated carbocycles. The minimum Gasteiger partial charge on any atom is -0.481 e.